The zero-order valence-electron chi connectivity index (χ0n) is 6.85. The van der Waals surface area contributed by atoms with Crippen molar-refractivity contribution in [3.63, 3.8) is 0 Å². The van der Waals surface area contributed by atoms with Crippen LogP contribution in [0.5, 0.6) is 0 Å². The molecule has 1 saturated heterocycles. The fourth-order valence-corrected chi connectivity index (χ4v) is 3.14. The van der Waals surface area contributed by atoms with Gasteiger partial charge in [-0.25, -0.2) is 0 Å². The highest BCUT2D eigenvalue weighted by atomic mass is 79.9. The Hall–Kier alpha value is 0.140. The van der Waals surface area contributed by atoms with Crippen LogP contribution in [0.1, 0.15) is 30.2 Å². The molecular weight excluding hydrogens is 234 g/mol. The number of nitrogens with one attached hydrogen (secondary N) is 1. The van der Waals surface area contributed by atoms with E-state index in [1.165, 1.54) is 34.5 Å². The normalized spacial score (nSPS) is 24.2. The second-order valence-electron chi connectivity index (χ2n) is 3.14. The third-order valence-corrected chi connectivity index (χ3v) is 3.99. The van der Waals surface area contributed by atoms with Gasteiger partial charge in [-0.3, -0.25) is 0 Å². The Morgan fingerprint density at radius 2 is 2.33 bits per heavy atom. The van der Waals surface area contributed by atoms with Gasteiger partial charge in [0.2, 0.25) is 0 Å². The van der Waals surface area contributed by atoms with E-state index in [4.69, 9.17) is 0 Å². The number of piperidine rings is 1. The Morgan fingerprint density at radius 1 is 1.42 bits per heavy atom. The zero-order chi connectivity index (χ0) is 8.39. The topological polar surface area (TPSA) is 12.0 Å². The van der Waals surface area contributed by atoms with Crippen molar-refractivity contribution in [2.75, 3.05) is 6.54 Å². The molecule has 1 aromatic rings. The predicted molar refractivity (Wildman–Crippen MR) is 56.6 cm³/mol. The summed E-state index contributed by atoms with van der Waals surface area (Å²) < 4.78 is 1.24. The second-order valence-corrected chi connectivity index (χ2v) is 5.64. The summed E-state index contributed by atoms with van der Waals surface area (Å²) >= 11 is 5.34. The summed E-state index contributed by atoms with van der Waals surface area (Å²) in [6.07, 6.45) is 4.00. The Balaban J connectivity index is 2.08. The summed E-state index contributed by atoms with van der Waals surface area (Å²) in [6.45, 7) is 1.18. The molecule has 2 rings (SSSR count). The van der Waals surface area contributed by atoms with E-state index >= 15 is 0 Å². The molecule has 12 heavy (non-hydrogen) atoms. The van der Waals surface area contributed by atoms with E-state index in [0.717, 1.165) is 0 Å². The van der Waals surface area contributed by atoms with Gasteiger partial charge in [-0.1, -0.05) is 6.42 Å². The van der Waals surface area contributed by atoms with Crippen LogP contribution in [0.25, 0.3) is 0 Å². The van der Waals surface area contributed by atoms with Gasteiger partial charge in [0.1, 0.15) is 0 Å². The molecule has 1 aliphatic heterocycles. The first-order valence-corrected chi connectivity index (χ1v) is 5.96. The van der Waals surface area contributed by atoms with E-state index < -0.39 is 0 Å². The first-order valence-electron chi connectivity index (χ1n) is 4.35. The maximum Gasteiger partial charge on any atom is 0.0701 e. The van der Waals surface area contributed by atoms with Gasteiger partial charge in [0.15, 0.2) is 0 Å². The highest BCUT2D eigenvalue weighted by Crippen LogP contribution is 2.31. The van der Waals surface area contributed by atoms with E-state index in [1.54, 1.807) is 0 Å². The van der Waals surface area contributed by atoms with Crippen molar-refractivity contribution < 1.29 is 0 Å². The van der Waals surface area contributed by atoms with Crippen molar-refractivity contribution in [1.82, 2.24) is 5.32 Å². The molecule has 0 amide bonds. The number of hydrogen-bond donors (Lipinski definition) is 1. The van der Waals surface area contributed by atoms with Crippen LogP contribution in [0.4, 0.5) is 0 Å². The molecule has 0 radical (unpaired) electrons. The minimum atomic E-state index is 0.620. The van der Waals surface area contributed by atoms with Crippen LogP contribution in [-0.2, 0) is 0 Å². The lowest BCUT2D eigenvalue weighted by molar-refractivity contribution is 0.417. The van der Waals surface area contributed by atoms with Crippen LogP contribution in [0.3, 0.4) is 0 Å². The van der Waals surface area contributed by atoms with Crippen LogP contribution >= 0.6 is 27.3 Å². The zero-order valence-corrected chi connectivity index (χ0v) is 9.25. The van der Waals surface area contributed by atoms with Gasteiger partial charge >= 0.3 is 0 Å². The van der Waals surface area contributed by atoms with Crippen LogP contribution in [0.2, 0.25) is 0 Å². The SMILES string of the molecule is Brc1ccc(C2CCCCN2)s1. The van der Waals surface area contributed by atoms with Gasteiger partial charge in [-0.15, -0.1) is 11.3 Å². The van der Waals surface area contributed by atoms with Gasteiger partial charge in [-0.05, 0) is 47.4 Å². The fourth-order valence-electron chi connectivity index (χ4n) is 1.61. The lowest BCUT2D eigenvalue weighted by Crippen LogP contribution is -2.25. The molecule has 0 saturated carbocycles. The Morgan fingerprint density at radius 3 is 2.92 bits per heavy atom. The smallest absolute Gasteiger partial charge is 0.0701 e. The number of thiophene rings is 1. The molecule has 0 spiro atoms. The molecule has 1 nitrogen and oxygen atoms in total. The predicted octanol–water partition coefficient (Wildman–Crippen LogP) is 3.33. The molecule has 2 heterocycles. The molecule has 3 heteroatoms. The summed E-state index contributed by atoms with van der Waals surface area (Å²) in [5.74, 6) is 0. The molecule has 0 aliphatic carbocycles. The minimum absolute atomic E-state index is 0.620. The molecule has 0 bridgehead atoms. The second kappa shape index (κ2) is 3.90. The maximum absolute atomic E-state index is 3.54. The van der Waals surface area contributed by atoms with E-state index in [2.05, 4.69) is 33.4 Å². The van der Waals surface area contributed by atoms with Gasteiger partial charge < -0.3 is 5.32 Å². The van der Waals surface area contributed by atoms with Crippen LogP contribution < -0.4 is 5.32 Å². The van der Waals surface area contributed by atoms with E-state index in [0.29, 0.717) is 6.04 Å². The van der Waals surface area contributed by atoms with Crippen molar-refractivity contribution >= 4 is 27.3 Å². The van der Waals surface area contributed by atoms with Crippen LogP contribution in [0, 0.1) is 0 Å². The molecule has 1 N–H and O–H groups in total. The van der Waals surface area contributed by atoms with Crippen molar-refractivity contribution in [3.8, 4) is 0 Å². The first-order chi connectivity index (χ1) is 5.86. The van der Waals surface area contributed by atoms with Gasteiger partial charge in [-0.2, -0.15) is 0 Å². The molecule has 1 aromatic heterocycles. The van der Waals surface area contributed by atoms with E-state index in [9.17, 15) is 0 Å². The first kappa shape index (κ1) is 8.73. The summed E-state index contributed by atoms with van der Waals surface area (Å²) in [7, 11) is 0. The van der Waals surface area contributed by atoms with E-state index in [-0.39, 0.29) is 0 Å². The Bertz CT molecular complexity index is 253. The minimum Gasteiger partial charge on any atom is -0.309 e. The van der Waals surface area contributed by atoms with Crippen LogP contribution in [-0.4, -0.2) is 6.54 Å². The number of hydrogen-bond acceptors (Lipinski definition) is 2. The molecule has 1 unspecified atom stereocenters. The molecule has 0 aromatic carbocycles. The standard InChI is InChI=1S/C9H12BrNS/c10-9-5-4-8(12-9)7-3-1-2-6-11-7/h4-5,7,11H,1-3,6H2. The maximum atomic E-state index is 3.54. The lowest BCUT2D eigenvalue weighted by Gasteiger charge is -2.21. The summed E-state index contributed by atoms with van der Waals surface area (Å²) in [5, 5.41) is 3.54. The van der Waals surface area contributed by atoms with Gasteiger partial charge in [0.05, 0.1) is 3.79 Å². The molecular formula is C9H12BrNS. The third-order valence-electron chi connectivity index (χ3n) is 2.25. The molecule has 1 atom stereocenters. The van der Waals surface area contributed by atoms with Gasteiger partial charge in [0.25, 0.3) is 0 Å². The largest absolute Gasteiger partial charge is 0.309 e. The monoisotopic (exact) mass is 245 g/mol. The quantitative estimate of drug-likeness (QED) is 0.801. The van der Waals surface area contributed by atoms with Crippen molar-refractivity contribution in [3.05, 3.63) is 20.8 Å². The average molecular weight is 246 g/mol. The molecule has 66 valence electrons. The summed E-state index contributed by atoms with van der Waals surface area (Å²) in [4.78, 5) is 1.47. The average Bonchev–Trinajstić information content (AvgIpc) is 2.54. The highest BCUT2D eigenvalue weighted by molar-refractivity contribution is 9.11. The van der Waals surface area contributed by atoms with E-state index in [1.807, 2.05) is 11.3 Å². The van der Waals surface area contributed by atoms with Crippen molar-refractivity contribution in [2.24, 2.45) is 0 Å². The third kappa shape index (κ3) is 1.90. The van der Waals surface area contributed by atoms with Gasteiger partial charge in [0, 0.05) is 10.9 Å². The molecule has 1 aliphatic rings. The fraction of sp³-hybridized carbons (Fsp3) is 0.556. The summed E-state index contributed by atoms with van der Waals surface area (Å²) in [5.41, 5.74) is 0. The number of halogens is 1. The lowest BCUT2D eigenvalue weighted by atomic mass is 10.0. The highest BCUT2D eigenvalue weighted by Gasteiger charge is 2.15. The molecule has 1 fully saturated rings. The summed E-state index contributed by atoms with van der Waals surface area (Å²) in [6, 6.07) is 4.98. The van der Waals surface area contributed by atoms with Crippen molar-refractivity contribution in [1.29, 1.82) is 0 Å². The Labute approximate surface area is 85.3 Å². The van der Waals surface area contributed by atoms with Crippen molar-refractivity contribution in [2.45, 2.75) is 25.3 Å². The van der Waals surface area contributed by atoms with Crippen LogP contribution in [0.15, 0.2) is 15.9 Å². The number of rotatable bonds is 1. The Kier molecular flexibility index (Phi) is 2.84.